The monoisotopic (exact) mass is 302 g/mol. The van der Waals surface area contributed by atoms with Crippen molar-refractivity contribution in [1.82, 2.24) is 4.90 Å². The molecule has 1 heterocycles. The van der Waals surface area contributed by atoms with Gasteiger partial charge in [0.05, 0.1) is 5.69 Å². The highest BCUT2D eigenvalue weighted by molar-refractivity contribution is 6.50. The van der Waals surface area contributed by atoms with Gasteiger partial charge < -0.3 is 4.90 Å². The smallest absolute Gasteiger partial charge is 0.277 e. The van der Waals surface area contributed by atoms with Crippen LogP contribution in [0.15, 0.2) is 64.8 Å². The number of likely N-dealkylation sites (tertiary alicyclic amines) is 1. The number of hydrogen-bond donors (Lipinski definition) is 0. The number of aliphatic imine (C=N–C) groups is 1. The zero-order valence-electron chi connectivity index (χ0n) is 13.3. The zero-order valence-corrected chi connectivity index (χ0v) is 13.3. The molecule has 1 aliphatic carbocycles. The molecule has 2 aromatic rings. The summed E-state index contributed by atoms with van der Waals surface area (Å²) in [6, 6.07) is 12.3. The summed E-state index contributed by atoms with van der Waals surface area (Å²) in [4.78, 5) is 19.1. The number of carbonyl (C=O) groups is 1. The van der Waals surface area contributed by atoms with Crippen LogP contribution in [0.1, 0.15) is 18.4 Å². The summed E-state index contributed by atoms with van der Waals surface area (Å²) in [6.45, 7) is 2.08. The van der Waals surface area contributed by atoms with Gasteiger partial charge in [-0.25, -0.2) is 4.99 Å². The van der Waals surface area contributed by atoms with E-state index >= 15 is 0 Å². The van der Waals surface area contributed by atoms with Gasteiger partial charge in [0, 0.05) is 23.7 Å². The maximum absolute atomic E-state index is 12.6. The van der Waals surface area contributed by atoms with Crippen molar-refractivity contribution < 1.29 is 4.79 Å². The first-order chi connectivity index (χ1) is 11.2. The number of amides is 1. The number of hydrogen-bond acceptors (Lipinski definition) is 2. The molecule has 1 fully saturated rings. The number of fused-ring (bicyclic) bond motifs is 2. The minimum atomic E-state index is -0.0185. The molecule has 1 amide bonds. The van der Waals surface area contributed by atoms with Crippen LogP contribution in [0.2, 0.25) is 0 Å². The van der Waals surface area contributed by atoms with Crippen molar-refractivity contribution in [3.63, 3.8) is 0 Å². The van der Waals surface area contributed by atoms with Crippen LogP contribution < -0.4 is 0 Å². The SMILES string of the molecule is Cc1cccc2cccc(/N=C3/C(=O)N(C)C4=CCCC=C43)c12. The third-order valence-corrected chi connectivity index (χ3v) is 4.58. The van der Waals surface area contributed by atoms with Crippen molar-refractivity contribution in [3.05, 3.63) is 65.4 Å². The topological polar surface area (TPSA) is 32.7 Å². The normalized spacial score (nSPS) is 19.1. The molecular formula is C20H18N2O. The van der Waals surface area contributed by atoms with Crippen LogP contribution in [0.25, 0.3) is 10.8 Å². The molecular weight excluding hydrogens is 284 g/mol. The number of rotatable bonds is 1. The van der Waals surface area contributed by atoms with E-state index in [0.717, 1.165) is 40.6 Å². The van der Waals surface area contributed by atoms with Gasteiger partial charge >= 0.3 is 0 Å². The molecule has 4 rings (SSSR count). The molecule has 0 aromatic heterocycles. The van der Waals surface area contributed by atoms with E-state index < -0.39 is 0 Å². The van der Waals surface area contributed by atoms with Gasteiger partial charge in [0.25, 0.3) is 5.91 Å². The largest absolute Gasteiger partial charge is 0.310 e. The van der Waals surface area contributed by atoms with Gasteiger partial charge in [-0.15, -0.1) is 0 Å². The first-order valence-electron chi connectivity index (χ1n) is 7.93. The number of nitrogens with zero attached hydrogens (tertiary/aromatic N) is 2. The van der Waals surface area contributed by atoms with Gasteiger partial charge in [-0.2, -0.15) is 0 Å². The second kappa shape index (κ2) is 5.20. The number of carbonyl (C=O) groups excluding carboxylic acids is 1. The van der Waals surface area contributed by atoms with Gasteiger partial charge in [-0.05, 0) is 36.8 Å². The highest BCUT2D eigenvalue weighted by atomic mass is 16.2. The Morgan fingerprint density at radius 3 is 2.61 bits per heavy atom. The maximum atomic E-state index is 12.6. The van der Waals surface area contributed by atoms with Gasteiger partial charge in [0.1, 0.15) is 5.71 Å². The van der Waals surface area contributed by atoms with Crippen LogP contribution in [0.4, 0.5) is 5.69 Å². The van der Waals surface area contributed by atoms with Gasteiger partial charge in [0.15, 0.2) is 0 Å². The van der Waals surface area contributed by atoms with E-state index in [9.17, 15) is 4.79 Å². The molecule has 0 saturated carbocycles. The van der Waals surface area contributed by atoms with E-state index in [1.54, 1.807) is 4.90 Å². The summed E-state index contributed by atoms with van der Waals surface area (Å²) >= 11 is 0. The molecule has 114 valence electrons. The van der Waals surface area contributed by atoms with Crippen molar-refractivity contribution in [2.45, 2.75) is 19.8 Å². The van der Waals surface area contributed by atoms with Crippen LogP contribution in [-0.4, -0.2) is 23.6 Å². The van der Waals surface area contributed by atoms with Crippen LogP contribution in [-0.2, 0) is 4.79 Å². The lowest BCUT2D eigenvalue weighted by atomic mass is 10.0. The third-order valence-electron chi connectivity index (χ3n) is 4.58. The minimum absolute atomic E-state index is 0.0185. The van der Waals surface area contributed by atoms with E-state index in [-0.39, 0.29) is 5.91 Å². The lowest BCUT2D eigenvalue weighted by molar-refractivity contribution is -0.120. The van der Waals surface area contributed by atoms with Crippen LogP contribution in [0, 0.1) is 6.92 Å². The summed E-state index contributed by atoms with van der Waals surface area (Å²) in [7, 11) is 1.82. The molecule has 2 aromatic carbocycles. The molecule has 23 heavy (non-hydrogen) atoms. The molecule has 1 saturated heterocycles. The Kier molecular flexibility index (Phi) is 3.15. The Labute approximate surface area is 135 Å². The van der Waals surface area contributed by atoms with E-state index in [0.29, 0.717) is 5.71 Å². The third kappa shape index (κ3) is 2.12. The standard InChI is InChI=1S/C20H18N2O/c1-13-7-5-8-14-9-6-11-16(18(13)14)21-19-15-10-3-4-12-17(15)22(2)20(19)23/h5-12H,3-4H2,1-2H3/b21-19+. The Morgan fingerprint density at radius 1 is 1.04 bits per heavy atom. The number of likely N-dealkylation sites (N-methyl/N-ethyl adjacent to an activating group) is 1. The Hall–Kier alpha value is -2.68. The van der Waals surface area contributed by atoms with Crippen molar-refractivity contribution in [2.24, 2.45) is 4.99 Å². The second-order valence-electron chi connectivity index (χ2n) is 6.06. The molecule has 3 heteroatoms. The van der Waals surface area contributed by atoms with Gasteiger partial charge in [0.2, 0.25) is 0 Å². The van der Waals surface area contributed by atoms with E-state index in [1.165, 1.54) is 5.56 Å². The first-order valence-corrected chi connectivity index (χ1v) is 7.93. The van der Waals surface area contributed by atoms with Crippen molar-refractivity contribution in [1.29, 1.82) is 0 Å². The Bertz CT molecular complexity index is 913. The summed E-state index contributed by atoms with van der Waals surface area (Å²) < 4.78 is 0. The van der Waals surface area contributed by atoms with Crippen LogP contribution in [0.3, 0.4) is 0 Å². The summed E-state index contributed by atoms with van der Waals surface area (Å²) in [5, 5.41) is 2.27. The predicted octanol–water partition coefficient (Wildman–Crippen LogP) is 4.30. The molecule has 0 spiro atoms. The van der Waals surface area contributed by atoms with E-state index in [1.807, 2.05) is 25.2 Å². The summed E-state index contributed by atoms with van der Waals surface area (Å²) in [5.74, 6) is -0.0185. The number of benzene rings is 2. The van der Waals surface area contributed by atoms with E-state index in [2.05, 4.69) is 37.3 Å². The molecule has 3 nitrogen and oxygen atoms in total. The average Bonchev–Trinajstić information content (AvgIpc) is 2.81. The molecule has 0 N–H and O–H groups in total. The highest BCUT2D eigenvalue weighted by Crippen LogP contribution is 2.34. The zero-order chi connectivity index (χ0) is 16.0. The second-order valence-corrected chi connectivity index (χ2v) is 6.06. The van der Waals surface area contributed by atoms with Crippen LogP contribution >= 0.6 is 0 Å². The van der Waals surface area contributed by atoms with Gasteiger partial charge in [-0.1, -0.05) is 42.5 Å². The summed E-state index contributed by atoms with van der Waals surface area (Å²) in [5.41, 5.74) is 4.58. The first kappa shape index (κ1) is 13.9. The Balaban J connectivity index is 1.93. The molecule has 0 radical (unpaired) electrons. The molecule has 1 aliphatic heterocycles. The predicted molar refractivity (Wildman–Crippen MR) is 94.0 cm³/mol. The quantitative estimate of drug-likeness (QED) is 0.773. The molecule has 2 aliphatic rings. The molecule has 0 unspecified atom stereocenters. The number of allylic oxidation sites excluding steroid dienone is 3. The Morgan fingerprint density at radius 2 is 1.78 bits per heavy atom. The summed E-state index contributed by atoms with van der Waals surface area (Å²) in [6.07, 6.45) is 6.21. The fourth-order valence-electron chi connectivity index (χ4n) is 3.41. The van der Waals surface area contributed by atoms with E-state index in [4.69, 9.17) is 4.99 Å². The van der Waals surface area contributed by atoms with Crippen molar-refractivity contribution in [2.75, 3.05) is 7.05 Å². The molecule has 0 bridgehead atoms. The lowest BCUT2D eigenvalue weighted by Gasteiger charge is -2.12. The minimum Gasteiger partial charge on any atom is -0.310 e. The van der Waals surface area contributed by atoms with Crippen molar-refractivity contribution in [3.8, 4) is 0 Å². The maximum Gasteiger partial charge on any atom is 0.277 e. The molecule has 0 atom stereocenters. The van der Waals surface area contributed by atoms with Crippen molar-refractivity contribution >= 4 is 28.1 Å². The van der Waals surface area contributed by atoms with Crippen LogP contribution in [0.5, 0.6) is 0 Å². The van der Waals surface area contributed by atoms with Gasteiger partial charge in [-0.3, -0.25) is 4.79 Å². The fourth-order valence-corrected chi connectivity index (χ4v) is 3.41. The highest BCUT2D eigenvalue weighted by Gasteiger charge is 2.35. The average molecular weight is 302 g/mol. The lowest BCUT2D eigenvalue weighted by Crippen LogP contribution is -2.21. The fraction of sp³-hybridized carbons (Fsp3) is 0.200. The number of aryl methyl sites for hydroxylation is 1.